The number of hydrogen-bond donors (Lipinski definition) is 3. The highest BCUT2D eigenvalue weighted by Crippen LogP contribution is 2.26. The summed E-state index contributed by atoms with van der Waals surface area (Å²) in [5.74, 6) is -3.20. The smallest absolute Gasteiger partial charge is 0.335 e. The van der Waals surface area contributed by atoms with Crippen LogP contribution >= 0.6 is 0 Å². The Morgan fingerprint density at radius 1 is 0.453 bits per heavy atom. The van der Waals surface area contributed by atoms with Crippen molar-refractivity contribution >= 4 is 23.9 Å². The van der Waals surface area contributed by atoms with E-state index in [2.05, 4.69) is 87.6 Å². The van der Waals surface area contributed by atoms with Crippen LogP contribution in [0.1, 0.15) is 252 Å². The van der Waals surface area contributed by atoms with Crippen molar-refractivity contribution in [3.05, 3.63) is 72.9 Å². The monoisotopic (exact) mass is 1050 g/mol. The molecule has 12 heteroatoms. The first-order valence-corrected chi connectivity index (χ1v) is 29.9. The Kier molecular flexibility index (Phi) is 47.0. The maximum atomic E-state index is 13.1. The van der Waals surface area contributed by atoms with E-state index >= 15 is 0 Å². The summed E-state index contributed by atoms with van der Waals surface area (Å²) in [4.78, 5) is 51.0. The third-order valence-corrected chi connectivity index (χ3v) is 13.3. The van der Waals surface area contributed by atoms with Gasteiger partial charge in [-0.25, -0.2) is 4.79 Å². The molecule has 6 atom stereocenters. The van der Waals surface area contributed by atoms with Crippen LogP contribution in [-0.4, -0.2) is 89.2 Å². The lowest BCUT2D eigenvalue weighted by Gasteiger charge is -2.40. The van der Waals surface area contributed by atoms with Gasteiger partial charge in [0, 0.05) is 19.3 Å². The molecular weight excluding hydrogens is 949 g/mol. The van der Waals surface area contributed by atoms with E-state index in [1.54, 1.807) is 0 Å². The number of allylic oxidation sites excluding steroid dienone is 12. The topological polar surface area (TPSA) is 175 Å². The summed E-state index contributed by atoms with van der Waals surface area (Å²) in [6.45, 7) is 5.81. The number of carbonyl (C=O) groups is 4. The lowest BCUT2D eigenvalue weighted by Crippen LogP contribution is -2.61. The second-order valence-electron chi connectivity index (χ2n) is 20.3. The van der Waals surface area contributed by atoms with Crippen LogP contribution in [-0.2, 0) is 42.9 Å². The number of ether oxygens (including phenoxy) is 5. The molecule has 1 fully saturated rings. The average Bonchev–Trinajstić information content (AvgIpc) is 3.39. The van der Waals surface area contributed by atoms with Gasteiger partial charge >= 0.3 is 23.9 Å². The standard InChI is InChI=1S/C63H106O12/c1-4-7-10-13-16-19-21-23-25-27-28-30-32-34-36-39-42-45-48-51-57(66)74-61-59(68)58(67)60(62(69)70)75-63(61)72-53-54(73-56(65)50-47-44-41-37-18-15-12-9-6-3)52-71-55(64)49-46-43-40-38-35-33-31-29-26-24-22-20-17-14-11-8-5-2/h8,11,17,20,23-26,31,33,38,40,54,58-61,63,67-68H,4-7,9-10,12-16,18-19,21-22,27-30,32,34-37,39,41-53H2,1-3H3,(H,69,70)/b11-8-,20-17-,25-23-,26-24-,33-31-,40-38-. The number of carboxylic acids is 1. The van der Waals surface area contributed by atoms with E-state index in [4.69, 9.17) is 23.7 Å². The van der Waals surface area contributed by atoms with Gasteiger partial charge in [-0.2, -0.15) is 0 Å². The molecule has 0 radical (unpaired) electrons. The minimum Gasteiger partial charge on any atom is -0.479 e. The van der Waals surface area contributed by atoms with Gasteiger partial charge in [-0.15, -0.1) is 0 Å². The summed E-state index contributed by atoms with van der Waals surface area (Å²) in [7, 11) is 0. The van der Waals surface area contributed by atoms with E-state index in [9.17, 15) is 34.5 Å². The van der Waals surface area contributed by atoms with Crippen LogP contribution in [0, 0.1) is 0 Å². The molecule has 1 heterocycles. The van der Waals surface area contributed by atoms with Gasteiger partial charge in [-0.1, -0.05) is 222 Å². The number of aliphatic hydroxyl groups excluding tert-OH is 2. The van der Waals surface area contributed by atoms with Crippen molar-refractivity contribution in [2.24, 2.45) is 0 Å². The van der Waals surface area contributed by atoms with Crippen molar-refractivity contribution in [3.63, 3.8) is 0 Å². The van der Waals surface area contributed by atoms with E-state index in [-0.39, 0.29) is 25.9 Å². The number of carboxylic acid groups (broad SMARTS) is 1. The van der Waals surface area contributed by atoms with Gasteiger partial charge in [-0.05, 0) is 83.5 Å². The Hall–Kier alpha value is -3.84. The molecule has 0 aromatic carbocycles. The fourth-order valence-corrected chi connectivity index (χ4v) is 8.69. The number of carbonyl (C=O) groups excluding carboxylic acids is 3. The molecule has 1 saturated heterocycles. The minimum atomic E-state index is -1.91. The lowest BCUT2D eigenvalue weighted by molar-refractivity contribution is -0.301. The third-order valence-electron chi connectivity index (χ3n) is 13.3. The summed E-state index contributed by atoms with van der Waals surface area (Å²) in [6.07, 6.45) is 51.8. The quantitative estimate of drug-likeness (QED) is 0.0228. The largest absolute Gasteiger partial charge is 0.479 e. The van der Waals surface area contributed by atoms with Crippen molar-refractivity contribution in [1.82, 2.24) is 0 Å². The van der Waals surface area contributed by atoms with Crippen LogP contribution in [0.4, 0.5) is 0 Å². The predicted molar refractivity (Wildman–Crippen MR) is 303 cm³/mol. The number of aliphatic hydroxyl groups is 2. The van der Waals surface area contributed by atoms with E-state index in [0.717, 1.165) is 83.5 Å². The molecule has 0 aromatic heterocycles. The molecule has 430 valence electrons. The van der Waals surface area contributed by atoms with Gasteiger partial charge < -0.3 is 39.0 Å². The molecule has 3 N–H and O–H groups in total. The van der Waals surface area contributed by atoms with Crippen molar-refractivity contribution in [1.29, 1.82) is 0 Å². The van der Waals surface area contributed by atoms with Gasteiger partial charge in [0.2, 0.25) is 0 Å². The summed E-state index contributed by atoms with van der Waals surface area (Å²) in [5.41, 5.74) is 0. The van der Waals surface area contributed by atoms with E-state index in [0.29, 0.717) is 25.7 Å². The summed E-state index contributed by atoms with van der Waals surface area (Å²) in [6, 6.07) is 0. The molecule has 1 rings (SSSR count). The highest BCUT2D eigenvalue weighted by atomic mass is 16.7. The van der Waals surface area contributed by atoms with Crippen LogP contribution < -0.4 is 0 Å². The van der Waals surface area contributed by atoms with Crippen LogP contribution in [0.2, 0.25) is 0 Å². The van der Waals surface area contributed by atoms with Gasteiger partial charge in [0.15, 0.2) is 24.6 Å². The number of unbranched alkanes of at least 4 members (excludes halogenated alkanes) is 24. The lowest BCUT2D eigenvalue weighted by atomic mass is 9.98. The summed E-state index contributed by atoms with van der Waals surface area (Å²) >= 11 is 0. The minimum absolute atomic E-state index is 0.0525. The van der Waals surface area contributed by atoms with Crippen molar-refractivity contribution in [2.75, 3.05) is 13.2 Å². The Morgan fingerprint density at radius 3 is 1.33 bits per heavy atom. The number of aliphatic carboxylic acids is 1. The molecule has 75 heavy (non-hydrogen) atoms. The average molecular weight is 1060 g/mol. The van der Waals surface area contributed by atoms with Gasteiger partial charge in [0.1, 0.15) is 18.8 Å². The number of rotatable bonds is 50. The van der Waals surface area contributed by atoms with Gasteiger partial charge in [0.05, 0.1) is 6.61 Å². The highest BCUT2D eigenvalue weighted by Gasteiger charge is 2.50. The summed E-state index contributed by atoms with van der Waals surface area (Å²) in [5, 5.41) is 31.5. The zero-order chi connectivity index (χ0) is 54.7. The molecule has 1 aliphatic heterocycles. The summed E-state index contributed by atoms with van der Waals surface area (Å²) < 4.78 is 28.3. The Labute approximate surface area is 455 Å². The van der Waals surface area contributed by atoms with E-state index in [1.165, 1.54) is 103 Å². The third kappa shape index (κ3) is 41.0. The van der Waals surface area contributed by atoms with Crippen LogP contribution in [0.25, 0.3) is 0 Å². The van der Waals surface area contributed by atoms with Crippen molar-refractivity contribution in [3.8, 4) is 0 Å². The van der Waals surface area contributed by atoms with E-state index < -0.39 is 67.3 Å². The SMILES string of the molecule is CC/C=C\C/C=C\C/C=C\C/C=C\C/C=C\CCCC(=O)OCC(COC1OC(C(=O)O)C(O)C(O)C1OC(=O)CCCCCCCCCCC/C=C\CCCCCCCC)OC(=O)CCCCCCCCCCC. The number of hydrogen-bond acceptors (Lipinski definition) is 11. The normalized spacial score (nSPS) is 18.7. The molecule has 1 aliphatic rings. The second kappa shape index (κ2) is 50.9. The molecule has 0 aliphatic carbocycles. The first kappa shape index (κ1) is 69.2. The molecule has 0 spiro atoms. The maximum absolute atomic E-state index is 13.1. The Morgan fingerprint density at radius 2 is 0.853 bits per heavy atom. The molecule has 6 unspecified atom stereocenters. The van der Waals surface area contributed by atoms with Crippen LogP contribution in [0.15, 0.2) is 72.9 Å². The fraction of sp³-hybridized carbons (Fsp3) is 0.746. The zero-order valence-corrected chi connectivity index (χ0v) is 47.3. The van der Waals surface area contributed by atoms with Crippen LogP contribution in [0.3, 0.4) is 0 Å². The number of esters is 3. The van der Waals surface area contributed by atoms with Crippen molar-refractivity contribution in [2.45, 2.75) is 289 Å². The van der Waals surface area contributed by atoms with E-state index in [1.807, 2.05) is 6.08 Å². The Balaban J connectivity index is 2.66. The molecular formula is C63H106O12. The first-order valence-electron chi connectivity index (χ1n) is 29.9. The van der Waals surface area contributed by atoms with Gasteiger partial charge in [-0.3, -0.25) is 14.4 Å². The predicted octanol–water partition coefficient (Wildman–Crippen LogP) is 15.3. The second-order valence-corrected chi connectivity index (χ2v) is 20.3. The molecule has 12 nitrogen and oxygen atoms in total. The van der Waals surface area contributed by atoms with Gasteiger partial charge in [0.25, 0.3) is 0 Å². The highest BCUT2D eigenvalue weighted by molar-refractivity contribution is 5.74. The molecule has 0 aromatic rings. The van der Waals surface area contributed by atoms with Crippen LogP contribution in [0.5, 0.6) is 0 Å². The zero-order valence-electron chi connectivity index (χ0n) is 47.3. The fourth-order valence-electron chi connectivity index (χ4n) is 8.69. The Bertz CT molecular complexity index is 1580. The van der Waals surface area contributed by atoms with Crippen molar-refractivity contribution < 1.29 is 58.2 Å². The maximum Gasteiger partial charge on any atom is 0.335 e. The molecule has 0 amide bonds. The first-order chi connectivity index (χ1) is 36.6. The molecule has 0 bridgehead atoms. The molecule has 0 saturated carbocycles.